The van der Waals surface area contributed by atoms with Gasteiger partial charge in [-0.25, -0.2) is 0 Å². The Morgan fingerprint density at radius 1 is 0.634 bits per heavy atom. The van der Waals surface area contributed by atoms with Crippen LogP contribution in [0.5, 0.6) is 0 Å². The number of Topliss-reactive ketones (excluding diaryl/α,β-unsaturated/α-hetero) is 1. The summed E-state index contributed by atoms with van der Waals surface area (Å²) in [5.74, 6) is 6.90. The fourth-order valence-corrected chi connectivity index (χ4v) is 4.98. The van der Waals surface area contributed by atoms with E-state index in [1.165, 1.54) is 6.42 Å². The Morgan fingerprint density at radius 2 is 1.17 bits per heavy atom. The van der Waals surface area contributed by atoms with Gasteiger partial charge in [-0.2, -0.15) is 0 Å². The summed E-state index contributed by atoms with van der Waals surface area (Å²) in [6, 6.07) is 0. The number of esters is 1. The van der Waals surface area contributed by atoms with Crippen molar-refractivity contribution in [2.75, 3.05) is 33.0 Å². The van der Waals surface area contributed by atoms with Gasteiger partial charge < -0.3 is 18.9 Å². The van der Waals surface area contributed by atoms with Crippen LogP contribution in [0.1, 0.15) is 110 Å². The molecule has 0 aromatic heterocycles. The highest BCUT2D eigenvalue weighted by atomic mass is 16.5. The molecule has 0 radical (unpaired) electrons. The highest BCUT2D eigenvalue weighted by Crippen LogP contribution is 2.29. The van der Waals surface area contributed by atoms with Gasteiger partial charge in [0.2, 0.25) is 0 Å². The minimum absolute atomic E-state index is 0. The molecule has 4 atom stereocenters. The van der Waals surface area contributed by atoms with Crippen molar-refractivity contribution in [2.45, 2.75) is 110 Å². The Kier molecular flexibility index (Phi) is 24.2. The number of rotatable bonds is 4. The fourth-order valence-electron chi connectivity index (χ4n) is 4.98. The average Bonchev–Trinajstić information content (AvgIpc) is 3.49. The molecule has 0 N–H and O–H groups in total. The van der Waals surface area contributed by atoms with Gasteiger partial charge in [-0.05, 0) is 48.9 Å². The van der Waals surface area contributed by atoms with Gasteiger partial charge >= 0.3 is 5.97 Å². The third-order valence-electron chi connectivity index (χ3n) is 8.03. The van der Waals surface area contributed by atoms with Gasteiger partial charge in [-0.3, -0.25) is 9.59 Å². The number of carbonyl (C=O) groups excluding carboxylic acids is 2. The largest absolute Gasteiger partial charge is 0.499 e. The van der Waals surface area contributed by atoms with Gasteiger partial charge in [-0.1, -0.05) is 90.8 Å². The summed E-state index contributed by atoms with van der Waals surface area (Å²) in [5.41, 5.74) is 0. The molecule has 6 nitrogen and oxygen atoms in total. The molecular weight excluding hydrogens is 516 g/mol. The lowest BCUT2D eigenvalue weighted by atomic mass is 9.88. The quantitative estimate of drug-likeness (QED) is 0.307. The Labute approximate surface area is 255 Å². The van der Waals surface area contributed by atoms with E-state index in [0.29, 0.717) is 49.2 Å². The van der Waals surface area contributed by atoms with Gasteiger partial charge in [0.25, 0.3) is 0 Å². The predicted molar refractivity (Wildman–Crippen MR) is 174 cm³/mol. The Bertz CT molecular complexity index is 739. The molecule has 244 valence electrons. The lowest BCUT2D eigenvalue weighted by Crippen LogP contribution is -2.30. The van der Waals surface area contributed by atoms with Crippen molar-refractivity contribution in [3.63, 3.8) is 0 Å². The van der Waals surface area contributed by atoms with E-state index in [4.69, 9.17) is 18.9 Å². The molecular formula is C35H68O6. The number of ether oxygens (including phenoxy) is 4. The van der Waals surface area contributed by atoms with Crippen LogP contribution in [0.2, 0.25) is 0 Å². The van der Waals surface area contributed by atoms with E-state index in [9.17, 15) is 9.59 Å². The first-order valence-corrected chi connectivity index (χ1v) is 14.7. The molecule has 0 spiro atoms. The molecule has 41 heavy (non-hydrogen) atoms. The van der Waals surface area contributed by atoms with E-state index in [1.54, 1.807) is 0 Å². The highest BCUT2D eigenvalue weighted by Gasteiger charge is 2.26. The minimum Gasteiger partial charge on any atom is -0.499 e. The van der Waals surface area contributed by atoms with Crippen LogP contribution < -0.4 is 0 Å². The lowest BCUT2D eigenvalue weighted by molar-refractivity contribution is -0.138. The predicted octanol–water partition coefficient (Wildman–Crippen LogP) is 9.14. The number of ketones is 1. The van der Waals surface area contributed by atoms with Crippen LogP contribution in [-0.4, -0.2) is 44.8 Å². The summed E-state index contributed by atoms with van der Waals surface area (Å²) < 4.78 is 20.3. The molecule has 0 aromatic rings. The first-order valence-electron chi connectivity index (χ1n) is 14.7. The lowest BCUT2D eigenvalue weighted by Gasteiger charge is -2.26. The summed E-state index contributed by atoms with van der Waals surface area (Å²) in [5, 5.41) is 0. The maximum absolute atomic E-state index is 11.1. The molecule has 4 heterocycles. The van der Waals surface area contributed by atoms with Crippen LogP contribution in [0.25, 0.3) is 0 Å². The molecule has 0 aliphatic carbocycles. The SMILES string of the molecule is C.C.C.C=C1CC(C(C)C)CCO1.C=C1OCCC1C(C)C.CC(C)C1CCOCC1=O.CC(C)C1COC(=O)C1. The van der Waals surface area contributed by atoms with Crippen molar-refractivity contribution in [1.82, 2.24) is 0 Å². The van der Waals surface area contributed by atoms with Gasteiger partial charge in [0.15, 0.2) is 5.78 Å². The summed E-state index contributed by atoms with van der Waals surface area (Å²) in [4.78, 5) is 21.6. The smallest absolute Gasteiger partial charge is 0.306 e. The molecule has 4 aliphatic rings. The molecule has 0 aromatic carbocycles. The van der Waals surface area contributed by atoms with Crippen molar-refractivity contribution in [3.05, 3.63) is 24.7 Å². The third kappa shape index (κ3) is 17.0. The van der Waals surface area contributed by atoms with Crippen molar-refractivity contribution in [2.24, 2.45) is 47.3 Å². The van der Waals surface area contributed by atoms with Crippen LogP contribution in [0.4, 0.5) is 0 Å². The van der Waals surface area contributed by atoms with E-state index in [2.05, 4.69) is 68.5 Å². The van der Waals surface area contributed by atoms with E-state index < -0.39 is 0 Å². The van der Waals surface area contributed by atoms with Gasteiger partial charge in [0.05, 0.1) is 37.8 Å². The first kappa shape index (κ1) is 43.6. The highest BCUT2D eigenvalue weighted by molar-refractivity contribution is 5.82. The summed E-state index contributed by atoms with van der Waals surface area (Å²) in [7, 11) is 0. The van der Waals surface area contributed by atoms with E-state index >= 15 is 0 Å². The number of hydrogen-bond donors (Lipinski definition) is 0. The molecule has 4 rings (SSSR count). The molecule has 6 heteroatoms. The van der Waals surface area contributed by atoms with Crippen molar-refractivity contribution >= 4 is 11.8 Å². The van der Waals surface area contributed by atoms with Crippen LogP contribution in [-0.2, 0) is 28.5 Å². The fraction of sp³-hybridized carbons (Fsp3) is 0.829. The zero-order valence-corrected chi connectivity index (χ0v) is 25.6. The molecule has 4 fully saturated rings. The second kappa shape index (κ2) is 22.7. The second-order valence-corrected chi connectivity index (χ2v) is 12.4. The van der Waals surface area contributed by atoms with Crippen LogP contribution in [0.3, 0.4) is 0 Å². The van der Waals surface area contributed by atoms with Crippen LogP contribution in [0.15, 0.2) is 24.7 Å². The Balaban J connectivity index is -0.000000459. The molecule has 4 saturated heterocycles. The maximum atomic E-state index is 11.1. The van der Waals surface area contributed by atoms with Crippen molar-refractivity contribution in [1.29, 1.82) is 0 Å². The Morgan fingerprint density at radius 3 is 1.46 bits per heavy atom. The van der Waals surface area contributed by atoms with E-state index in [-0.39, 0.29) is 40.0 Å². The van der Waals surface area contributed by atoms with Gasteiger partial charge in [-0.15, -0.1) is 0 Å². The zero-order valence-electron chi connectivity index (χ0n) is 25.6. The number of cyclic esters (lactones) is 1. The third-order valence-corrected chi connectivity index (χ3v) is 8.03. The molecule has 0 amide bonds. The Hall–Kier alpha value is -1.82. The topological polar surface area (TPSA) is 71.1 Å². The first-order chi connectivity index (χ1) is 17.8. The standard InChI is InChI=1S/C9H16O.C8H14O2.C8H14O.C7H12O2.3CH4/c1-7(2)9-4-5-10-8(3)6-9;1-6(2)7-3-4-10-5-8(7)9;1-6(2)8-4-5-9-7(8)3;1-5(2)6-3-7(8)9-4-6;;;/h7,9H,3-6H2,1-2H3;6-7H,3-5H2,1-2H3;6,8H,3-5H2,1-2H3;5-6H,3-4H2,1-2H3;3*1H4. The second-order valence-electron chi connectivity index (χ2n) is 12.4. The molecule has 4 aliphatic heterocycles. The monoisotopic (exact) mass is 585 g/mol. The van der Waals surface area contributed by atoms with Crippen molar-refractivity contribution < 1.29 is 28.5 Å². The summed E-state index contributed by atoms with van der Waals surface area (Å²) >= 11 is 0. The normalized spacial score (nSPS) is 25.1. The molecule has 0 bridgehead atoms. The summed E-state index contributed by atoms with van der Waals surface area (Å²) in [6.45, 7) is 28.5. The molecule has 4 unspecified atom stereocenters. The number of hydrogen-bond acceptors (Lipinski definition) is 6. The van der Waals surface area contributed by atoms with Crippen LogP contribution in [0, 0.1) is 47.3 Å². The van der Waals surface area contributed by atoms with E-state index in [1.807, 2.05) is 0 Å². The summed E-state index contributed by atoms with van der Waals surface area (Å²) in [6.07, 6.45) is 4.97. The number of allylic oxidation sites excluding steroid dienone is 2. The van der Waals surface area contributed by atoms with E-state index in [0.717, 1.165) is 62.4 Å². The zero-order chi connectivity index (χ0) is 28.8. The van der Waals surface area contributed by atoms with Gasteiger partial charge in [0.1, 0.15) is 6.61 Å². The molecule has 0 saturated carbocycles. The van der Waals surface area contributed by atoms with Crippen LogP contribution >= 0.6 is 0 Å². The van der Waals surface area contributed by atoms with Gasteiger partial charge in [0, 0.05) is 30.8 Å². The van der Waals surface area contributed by atoms with Crippen molar-refractivity contribution in [3.8, 4) is 0 Å². The number of carbonyl (C=O) groups is 2. The average molecular weight is 585 g/mol. The minimum atomic E-state index is -0.0336. The maximum Gasteiger partial charge on any atom is 0.306 e.